The average Bonchev–Trinajstić information content (AvgIpc) is 2.83. The van der Waals surface area contributed by atoms with E-state index in [2.05, 4.69) is 4.98 Å². The van der Waals surface area contributed by atoms with E-state index in [-0.39, 0.29) is 17.9 Å². The van der Waals surface area contributed by atoms with E-state index in [1.165, 1.54) is 12.3 Å². The predicted octanol–water partition coefficient (Wildman–Crippen LogP) is 4.37. The fourth-order valence-electron chi connectivity index (χ4n) is 1.91. The number of aliphatic carboxylic acids is 1. The Bertz CT molecular complexity index is 664. The van der Waals surface area contributed by atoms with Crippen LogP contribution in [0.1, 0.15) is 17.7 Å². The number of aromatic amines is 1. The molecule has 0 bridgehead atoms. The van der Waals surface area contributed by atoms with Gasteiger partial charge in [0.05, 0.1) is 12.0 Å². The second kappa shape index (κ2) is 5.81. The highest BCUT2D eigenvalue weighted by molar-refractivity contribution is 6.31. The van der Waals surface area contributed by atoms with Crippen molar-refractivity contribution in [3.05, 3.63) is 46.7 Å². The number of H-pyrrole nitrogens is 1. The Morgan fingerprint density at radius 2 is 1.90 bits per heavy atom. The summed E-state index contributed by atoms with van der Waals surface area (Å²) in [5.41, 5.74) is 0.676. The van der Waals surface area contributed by atoms with Crippen LogP contribution in [0.2, 0.25) is 5.02 Å². The van der Waals surface area contributed by atoms with E-state index in [0.29, 0.717) is 16.8 Å². The SMILES string of the molecule is O=C(O)CCc1cc(-c2cc(Cl)cc(C(F)(F)F)c2)c[nH]1. The third kappa shape index (κ3) is 4.01. The van der Waals surface area contributed by atoms with Crippen LogP contribution in [-0.4, -0.2) is 16.1 Å². The van der Waals surface area contributed by atoms with E-state index in [0.717, 1.165) is 12.1 Å². The molecular formula is C14H11ClF3NO2. The summed E-state index contributed by atoms with van der Waals surface area (Å²) in [6.45, 7) is 0. The van der Waals surface area contributed by atoms with Gasteiger partial charge in [0.25, 0.3) is 0 Å². The molecule has 3 nitrogen and oxygen atoms in total. The molecule has 2 rings (SSSR count). The molecule has 1 aromatic carbocycles. The van der Waals surface area contributed by atoms with Crippen molar-refractivity contribution >= 4 is 17.6 Å². The first-order valence-electron chi connectivity index (χ1n) is 6.03. The summed E-state index contributed by atoms with van der Waals surface area (Å²) in [4.78, 5) is 13.3. The molecule has 1 heterocycles. The molecule has 0 amide bonds. The van der Waals surface area contributed by atoms with Crippen LogP contribution in [0.15, 0.2) is 30.5 Å². The van der Waals surface area contributed by atoms with Crippen LogP contribution >= 0.6 is 11.6 Å². The number of hydrogen-bond donors (Lipinski definition) is 2. The fourth-order valence-corrected chi connectivity index (χ4v) is 2.15. The average molecular weight is 318 g/mol. The molecule has 0 radical (unpaired) electrons. The monoisotopic (exact) mass is 317 g/mol. The van der Waals surface area contributed by atoms with Crippen LogP contribution in [0.5, 0.6) is 0 Å². The van der Waals surface area contributed by atoms with Gasteiger partial charge in [0, 0.05) is 16.9 Å². The van der Waals surface area contributed by atoms with Gasteiger partial charge in [0.2, 0.25) is 0 Å². The number of hydrogen-bond acceptors (Lipinski definition) is 1. The third-order valence-electron chi connectivity index (χ3n) is 2.91. The second-order valence-electron chi connectivity index (χ2n) is 4.53. The molecule has 0 atom stereocenters. The van der Waals surface area contributed by atoms with Crippen molar-refractivity contribution in [1.29, 1.82) is 0 Å². The van der Waals surface area contributed by atoms with Crippen molar-refractivity contribution in [1.82, 2.24) is 4.98 Å². The minimum atomic E-state index is -4.47. The minimum Gasteiger partial charge on any atom is -0.481 e. The van der Waals surface area contributed by atoms with E-state index in [1.807, 2.05) is 0 Å². The van der Waals surface area contributed by atoms with Crippen LogP contribution in [0.3, 0.4) is 0 Å². The van der Waals surface area contributed by atoms with Gasteiger partial charge in [-0.1, -0.05) is 11.6 Å². The number of carbonyl (C=O) groups is 1. The maximum absolute atomic E-state index is 12.7. The van der Waals surface area contributed by atoms with Crippen LogP contribution in [0.25, 0.3) is 11.1 Å². The smallest absolute Gasteiger partial charge is 0.416 e. The van der Waals surface area contributed by atoms with Gasteiger partial charge in [-0.05, 0) is 41.8 Å². The summed E-state index contributed by atoms with van der Waals surface area (Å²) < 4.78 is 38.2. The van der Waals surface area contributed by atoms with E-state index in [1.54, 1.807) is 6.07 Å². The number of rotatable bonds is 4. The van der Waals surface area contributed by atoms with Crippen molar-refractivity contribution < 1.29 is 23.1 Å². The van der Waals surface area contributed by atoms with E-state index in [9.17, 15) is 18.0 Å². The normalized spacial score (nSPS) is 11.6. The number of aryl methyl sites for hydroxylation is 1. The molecule has 0 aliphatic rings. The maximum atomic E-state index is 12.7. The summed E-state index contributed by atoms with van der Waals surface area (Å²) in [6, 6.07) is 4.93. The van der Waals surface area contributed by atoms with Gasteiger partial charge in [-0.25, -0.2) is 0 Å². The minimum absolute atomic E-state index is 0.00638. The summed E-state index contributed by atoms with van der Waals surface area (Å²) in [5, 5.41) is 8.60. The van der Waals surface area contributed by atoms with Crippen molar-refractivity contribution in [3.63, 3.8) is 0 Å². The lowest BCUT2D eigenvalue weighted by Crippen LogP contribution is -2.04. The first-order valence-corrected chi connectivity index (χ1v) is 6.41. The molecule has 0 saturated carbocycles. The van der Waals surface area contributed by atoms with E-state index >= 15 is 0 Å². The number of carboxylic acids is 1. The zero-order valence-corrected chi connectivity index (χ0v) is 11.4. The molecule has 0 saturated heterocycles. The lowest BCUT2D eigenvalue weighted by atomic mass is 10.0. The van der Waals surface area contributed by atoms with Crippen molar-refractivity contribution in [3.8, 4) is 11.1 Å². The molecule has 0 aliphatic heterocycles. The first-order chi connectivity index (χ1) is 9.75. The highest BCUT2D eigenvalue weighted by atomic mass is 35.5. The number of benzene rings is 1. The number of aromatic nitrogens is 1. The maximum Gasteiger partial charge on any atom is 0.416 e. The van der Waals surface area contributed by atoms with Crippen molar-refractivity contribution in [2.24, 2.45) is 0 Å². The summed E-state index contributed by atoms with van der Waals surface area (Å²) >= 11 is 5.73. The standard InChI is InChI=1S/C14H11ClF3NO2/c15-11-4-8(3-10(6-11)14(16,17)18)9-5-12(19-7-9)1-2-13(20)21/h3-7,19H,1-2H2,(H,20,21). The lowest BCUT2D eigenvalue weighted by Gasteiger charge is -2.09. The highest BCUT2D eigenvalue weighted by Crippen LogP contribution is 2.34. The predicted molar refractivity (Wildman–Crippen MR) is 72.2 cm³/mol. The second-order valence-corrected chi connectivity index (χ2v) is 4.97. The third-order valence-corrected chi connectivity index (χ3v) is 3.13. The number of carboxylic acid groups (broad SMARTS) is 1. The zero-order valence-electron chi connectivity index (χ0n) is 10.7. The number of nitrogens with one attached hydrogen (secondary N) is 1. The molecule has 0 spiro atoms. The molecule has 21 heavy (non-hydrogen) atoms. The molecule has 112 valence electrons. The Morgan fingerprint density at radius 1 is 1.19 bits per heavy atom. The van der Waals surface area contributed by atoms with Gasteiger partial charge in [0.1, 0.15) is 0 Å². The molecule has 0 unspecified atom stereocenters. The van der Waals surface area contributed by atoms with Crippen LogP contribution in [-0.2, 0) is 17.4 Å². The first kappa shape index (κ1) is 15.4. The van der Waals surface area contributed by atoms with E-state index < -0.39 is 17.7 Å². The van der Waals surface area contributed by atoms with Gasteiger partial charge in [-0.15, -0.1) is 0 Å². The largest absolute Gasteiger partial charge is 0.481 e. The Hall–Kier alpha value is -1.95. The molecular weight excluding hydrogens is 307 g/mol. The molecule has 2 aromatic rings. The quantitative estimate of drug-likeness (QED) is 0.879. The zero-order chi connectivity index (χ0) is 15.6. The van der Waals surface area contributed by atoms with Gasteiger partial charge in [-0.3, -0.25) is 4.79 Å². The topological polar surface area (TPSA) is 53.1 Å². The number of alkyl halides is 3. The summed E-state index contributed by atoms with van der Waals surface area (Å²) in [6.07, 6.45) is -2.71. The van der Waals surface area contributed by atoms with E-state index in [4.69, 9.17) is 16.7 Å². The summed E-state index contributed by atoms with van der Waals surface area (Å²) in [5.74, 6) is -0.937. The fraction of sp³-hybridized carbons (Fsp3) is 0.214. The van der Waals surface area contributed by atoms with Gasteiger partial charge >= 0.3 is 12.1 Å². The van der Waals surface area contributed by atoms with Crippen LogP contribution < -0.4 is 0 Å². The van der Waals surface area contributed by atoms with Crippen LogP contribution in [0.4, 0.5) is 13.2 Å². The van der Waals surface area contributed by atoms with Crippen LogP contribution in [0, 0.1) is 0 Å². The highest BCUT2D eigenvalue weighted by Gasteiger charge is 2.31. The Morgan fingerprint density at radius 3 is 2.52 bits per heavy atom. The van der Waals surface area contributed by atoms with Gasteiger partial charge in [0.15, 0.2) is 0 Å². The number of halogens is 4. The lowest BCUT2D eigenvalue weighted by molar-refractivity contribution is -0.138. The van der Waals surface area contributed by atoms with Crippen molar-refractivity contribution in [2.45, 2.75) is 19.0 Å². The Kier molecular flexibility index (Phi) is 4.27. The Labute approximate surface area is 123 Å². The Balaban J connectivity index is 2.30. The summed E-state index contributed by atoms with van der Waals surface area (Å²) in [7, 11) is 0. The molecule has 0 aliphatic carbocycles. The molecule has 1 aromatic heterocycles. The van der Waals surface area contributed by atoms with Crippen molar-refractivity contribution in [2.75, 3.05) is 0 Å². The molecule has 2 N–H and O–H groups in total. The van der Waals surface area contributed by atoms with Gasteiger partial charge in [-0.2, -0.15) is 13.2 Å². The van der Waals surface area contributed by atoms with Gasteiger partial charge < -0.3 is 10.1 Å². The molecule has 7 heteroatoms. The molecule has 0 fully saturated rings.